The van der Waals surface area contributed by atoms with E-state index in [1.165, 1.54) is 0 Å². The summed E-state index contributed by atoms with van der Waals surface area (Å²) in [6.45, 7) is 8.72. The van der Waals surface area contributed by atoms with E-state index in [1.807, 2.05) is 18.2 Å². The number of halogens is 1. The van der Waals surface area contributed by atoms with Crippen LogP contribution in [0.25, 0.3) is 0 Å². The van der Waals surface area contributed by atoms with Gasteiger partial charge in [0.2, 0.25) is 0 Å². The van der Waals surface area contributed by atoms with Gasteiger partial charge in [-0.2, -0.15) is 0 Å². The van der Waals surface area contributed by atoms with E-state index in [-0.39, 0.29) is 0 Å². The lowest BCUT2D eigenvalue weighted by Crippen LogP contribution is -2.25. The molecule has 1 aromatic rings. The molecule has 0 atom stereocenters. The summed E-state index contributed by atoms with van der Waals surface area (Å²) in [6, 6.07) is 5.89. The smallest absolute Gasteiger partial charge is 0.0585 e. The summed E-state index contributed by atoms with van der Waals surface area (Å²) >= 11 is 3.45. The molecule has 0 aliphatic heterocycles. The van der Waals surface area contributed by atoms with Gasteiger partial charge in [-0.15, -0.1) is 0 Å². The van der Waals surface area contributed by atoms with Crippen molar-refractivity contribution in [2.75, 3.05) is 37.2 Å². The maximum atomic E-state index is 5.89. The topological polar surface area (TPSA) is 41.3 Å². The summed E-state index contributed by atoms with van der Waals surface area (Å²) in [5, 5.41) is 3.38. The molecule has 4 heteroatoms. The van der Waals surface area contributed by atoms with Gasteiger partial charge >= 0.3 is 0 Å². The quantitative estimate of drug-likeness (QED) is 0.600. The van der Waals surface area contributed by atoms with Gasteiger partial charge in [0.15, 0.2) is 0 Å². The number of benzene rings is 1. The van der Waals surface area contributed by atoms with E-state index in [0.29, 0.717) is 0 Å². The van der Waals surface area contributed by atoms with Crippen LogP contribution in [0.2, 0.25) is 0 Å². The van der Waals surface area contributed by atoms with Crippen LogP contribution < -0.4 is 11.1 Å². The van der Waals surface area contributed by atoms with E-state index in [9.17, 15) is 0 Å². The Morgan fingerprint density at radius 3 is 2.65 bits per heavy atom. The minimum atomic E-state index is 0.802. The average molecular weight is 300 g/mol. The van der Waals surface area contributed by atoms with Gasteiger partial charge in [0.25, 0.3) is 0 Å². The monoisotopic (exact) mass is 299 g/mol. The SMILES string of the molecule is CCN(CC)CCCNc1cc(Br)ccc1N. The molecule has 0 saturated heterocycles. The number of hydrogen-bond acceptors (Lipinski definition) is 3. The first kappa shape index (κ1) is 14.3. The second-order valence-electron chi connectivity index (χ2n) is 4.04. The van der Waals surface area contributed by atoms with Gasteiger partial charge in [-0.3, -0.25) is 0 Å². The molecular weight excluding hydrogens is 278 g/mol. The Balaban J connectivity index is 2.33. The largest absolute Gasteiger partial charge is 0.397 e. The van der Waals surface area contributed by atoms with Crippen molar-refractivity contribution in [3.8, 4) is 0 Å². The fourth-order valence-electron chi connectivity index (χ4n) is 1.75. The van der Waals surface area contributed by atoms with Crippen LogP contribution in [0.5, 0.6) is 0 Å². The van der Waals surface area contributed by atoms with Crippen LogP contribution >= 0.6 is 15.9 Å². The highest BCUT2D eigenvalue weighted by Gasteiger charge is 2.01. The van der Waals surface area contributed by atoms with E-state index in [0.717, 1.165) is 48.4 Å². The molecule has 17 heavy (non-hydrogen) atoms. The Kier molecular flexibility index (Phi) is 6.37. The van der Waals surface area contributed by atoms with E-state index >= 15 is 0 Å². The Hall–Kier alpha value is -0.740. The van der Waals surface area contributed by atoms with Crippen LogP contribution in [0.15, 0.2) is 22.7 Å². The Labute approximate surface area is 113 Å². The van der Waals surface area contributed by atoms with Crippen molar-refractivity contribution in [3.05, 3.63) is 22.7 Å². The van der Waals surface area contributed by atoms with Crippen LogP contribution in [0, 0.1) is 0 Å². The molecule has 0 radical (unpaired) electrons. The molecule has 0 fully saturated rings. The molecule has 3 N–H and O–H groups in total. The van der Waals surface area contributed by atoms with Gasteiger partial charge in [0.05, 0.1) is 11.4 Å². The lowest BCUT2D eigenvalue weighted by molar-refractivity contribution is 0.303. The van der Waals surface area contributed by atoms with E-state index < -0.39 is 0 Å². The molecule has 0 aliphatic carbocycles. The summed E-state index contributed by atoms with van der Waals surface area (Å²) < 4.78 is 1.05. The van der Waals surface area contributed by atoms with Crippen LogP contribution in [-0.2, 0) is 0 Å². The summed E-state index contributed by atoms with van der Waals surface area (Å²) in [4.78, 5) is 2.42. The standard InChI is InChI=1S/C13H22BrN3/c1-3-17(4-2)9-5-8-16-13-10-11(14)6-7-12(13)15/h6-7,10,16H,3-5,8-9,15H2,1-2H3. The lowest BCUT2D eigenvalue weighted by atomic mass is 10.2. The number of nitrogens with two attached hydrogens (primary N) is 1. The van der Waals surface area contributed by atoms with Crippen LogP contribution in [0.3, 0.4) is 0 Å². The molecule has 0 heterocycles. The van der Waals surface area contributed by atoms with Gasteiger partial charge in [0.1, 0.15) is 0 Å². The molecule has 1 aromatic carbocycles. The molecular formula is C13H22BrN3. The summed E-state index contributed by atoms with van der Waals surface area (Å²) in [5.74, 6) is 0. The van der Waals surface area contributed by atoms with Crippen molar-refractivity contribution in [2.45, 2.75) is 20.3 Å². The van der Waals surface area contributed by atoms with Crippen molar-refractivity contribution in [2.24, 2.45) is 0 Å². The first-order chi connectivity index (χ1) is 8.17. The lowest BCUT2D eigenvalue weighted by Gasteiger charge is -2.18. The predicted molar refractivity (Wildman–Crippen MR) is 79.4 cm³/mol. The maximum Gasteiger partial charge on any atom is 0.0585 e. The maximum absolute atomic E-state index is 5.89. The molecule has 0 aromatic heterocycles. The van der Waals surface area contributed by atoms with Gasteiger partial charge in [-0.05, 0) is 44.3 Å². The Morgan fingerprint density at radius 1 is 1.29 bits per heavy atom. The van der Waals surface area contributed by atoms with Crippen molar-refractivity contribution in [1.29, 1.82) is 0 Å². The first-order valence-corrected chi connectivity index (χ1v) is 6.98. The Morgan fingerprint density at radius 2 is 2.00 bits per heavy atom. The van der Waals surface area contributed by atoms with E-state index in [1.54, 1.807) is 0 Å². The number of rotatable bonds is 7. The third kappa shape index (κ3) is 4.96. The number of nitrogen functional groups attached to an aromatic ring is 1. The second-order valence-corrected chi connectivity index (χ2v) is 4.95. The van der Waals surface area contributed by atoms with Gasteiger partial charge in [-0.1, -0.05) is 29.8 Å². The number of nitrogens with zero attached hydrogens (tertiary/aromatic N) is 1. The molecule has 0 spiro atoms. The third-order valence-corrected chi connectivity index (χ3v) is 3.37. The summed E-state index contributed by atoms with van der Waals surface area (Å²) in [5.41, 5.74) is 7.70. The molecule has 0 saturated carbocycles. The highest BCUT2D eigenvalue weighted by atomic mass is 79.9. The van der Waals surface area contributed by atoms with Crippen molar-refractivity contribution in [3.63, 3.8) is 0 Å². The average Bonchev–Trinajstić information content (AvgIpc) is 2.33. The van der Waals surface area contributed by atoms with E-state index in [2.05, 4.69) is 40.0 Å². The molecule has 0 aliphatic rings. The molecule has 1 rings (SSSR count). The summed E-state index contributed by atoms with van der Waals surface area (Å²) in [6.07, 6.45) is 1.13. The van der Waals surface area contributed by atoms with E-state index in [4.69, 9.17) is 5.73 Å². The third-order valence-electron chi connectivity index (χ3n) is 2.88. The minimum absolute atomic E-state index is 0.802. The minimum Gasteiger partial charge on any atom is -0.397 e. The van der Waals surface area contributed by atoms with Crippen molar-refractivity contribution in [1.82, 2.24) is 4.90 Å². The zero-order valence-electron chi connectivity index (χ0n) is 10.7. The summed E-state index contributed by atoms with van der Waals surface area (Å²) in [7, 11) is 0. The zero-order chi connectivity index (χ0) is 12.7. The van der Waals surface area contributed by atoms with Gasteiger partial charge < -0.3 is 16.0 Å². The number of nitrogens with one attached hydrogen (secondary N) is 1. The molecule has 0 unspecified atom stereocenters. The molecule has 96 valence electrons. The molecule has 3 nitrogen and oxygen atoms in total. The number of hydrogen-bond donors (Lipinski definition) is 2. The highest BCUT2D eigenvalue weighted by Crippen LogP contribution is 2.23. The zero-order valence-corrected chi connectivity index (χ0v) is 12.3. The molecule has 0 amide bonds. The second kappa shape index (κ2) is 7.56. The fraction of sp³-hybridized carbons (Fsp3) is 0.538. The Bertz CT molecular complexity index is 337. The fourth-order valence-corrected chi connectivity index (χ4v) is 2.11. The molecule has 0 bridgehead atoms. The van der Waals surface area contributed by atoms with Crippen molar-refractivity contribution < 1.29 is 0 Å². The van der Waals surface area contributed by atoms with Gasteiger partial charge in [-0.25, -0.2) is 0 Å². The van der Waals surface area contributed by atoms with Crippen LogP contribution in [0.1, 0.15) is 20.3 Å². The normalized spacial score (nSPS) is 10.8. The first-order valence-electron chi connectivity index (χ1n) is 6.18. The number of anilines is 2. The van der Waals surface area contributed by atoms with Crippen LogP contribution in [-0.4, -0.2) is 31.1 Å². The van der Waals surface area contributed by atoms with Crippen LogP contribution in [0.4, 0.5) is 11.4 Å². The predicted octanol–water partition coefficient (Wildman–Crippen LogP) is 3.18. The van der Waals surface area contributed by atoms with Gasteiger partial charge in [0, 0.05) is 11.0 Å². The van der Waals surface area contributed by atoms with Crippen molar-refractivity contribution >= 4 is 27.3 Å². The highest BCUT2D eigenvalue weighted by molar-refractivity contribution is 9.10.